The Morgan fingerprint density at radius 1 is 1.32 bits per heavy atom. The molecule has 0 unspecified atom stereocenters. The normalized spacial score (nSPS) is 17.8. The number of aliphatic hydroxyl groups is 1. The van der Waals surface area contributed by atoms with Crippen LogP contribution in [0.5, 0.6) is 0 Å². The van der Waals surface area contributed by atoms with Gasteiger partial charge in [-0.1, -0.05) is 6.92 Å². The molecule has 6 heteroatoms. The lowest BCUT2D eigenvalue weighted by Crippen LogP contribution is -2.52. The van der Waals surface area contributed by atoms with Crippen LogP contribution in [0.3, 0.4) is 0 Å². The lowest BCUT2D eigenvalue weighted by Gasteiger charge is -2.38. The monoisotopic (exact) mass is 302 g/mol. The second kappa shape index (κ2) is 6.46. The molecule has 6 nitrogen and oxygen atoms in total. The Morgan fingerprint density at radius 3 is 2.77 bits per heavy atom. The lowest BCUT2D eigenvalue weighted by molar-refractivity contribution is 0.0472. The minimum absolute atomic E-state index is 0.0576. The van der Waals surface area contributed by atoms with E-state index in [-0.39, 0.29) is 18.6 Å². The molecule has 0 bridgehead atoms. The van der Waals surface area contributed by atoms with Crippen molar-refractivity contribution in [1.82, 2.24) is 19.2 Å². The number of carbonyl (C=O) groups is 1. The van der Waals surface area contributed by atoms with Crippen molar-refractivity contribution in [1.29, 1.82) is 0 Å². The van der Waals surface area contributed by atoms with Crippen molar-refractivity contribution >= 4 is 11.6 Å². The van der Waals surface area contributed by atoms with Crippen LogP contribution in [0.25, 0.3) is 5.65 Å². The second-order valence-corrected chi connectivity index (χ2v) is 5.68. The van der Waals surface area contributed by atoms with Crippen molar-refractivity contribution in [3.8, 4) is 0 Å². The third-order valence-corrected chi connectivity index (χ3v) is 4.44. The number of aromatic nitrogens is 2. The molecule has 22 heavy (non-hydrogen) atoms. The highest BCUT2D eigenvalue weighted by Crippen LogP contribution is 2.13. The highest BCUT2D eigenvalue weighted by atomic mass is 16.3. The number of imidazole rings is 1. The fourth-order valence-corrected chi connectivity index (χ4v) is 3.02. The Hall–Kier alpha value is -1.92. The first-order chi connectivity index (χ1) is 10.7. The summed E-state index contributed by atoms with van der Waals surface area (Å²) in [5.41, 5.74) is 1.47. The van der Waals surface area contributed by atoms with Gasteiger partial charge in [0, 0.05) is 56.4 Å². The van der Waals surface area contributed by atoms with Gasteiger partial charge in [-0.25, -0.2) is 4.98 Å². The molecule has 1 amide bonds. The molecular weight excluding hydrogens is 280 g/mol. The van der Waals surface area contributed by atoms with E-state index < -0.39 is 0 Å². The van der Waals surface area contributed by atoms with Crippen molar-refractivity contribution in [2.75, 3.05) is 32.8 Å². The smallest absolute Gasteiger partial charge is 0.254 e. The van der Waals surface area contributed by atoms with Crippen LogP contribution in [0.2, 0.25) is 0 Å². The zero-order valence-electron chi connectivity index (χ0n) is 12.9. The SMILES string of the molecule is CC[C@H](CO)N1CCN(C(=O)c2ccn3ccnc3c2)CC1. The van der Waals surface area contributed by atoms with Crippen LogP contribution in [-0.4, -0.2) is 69.0 Å². The first kappa shape index (κ1) is 15.0. The van der Waals surface area contributed by atoms with Crippen molar-refractivity contribution in [3.63, 3.8) is 0 Å². The van der Waals surface area contributed by atoms with Gasteiger partial charge < -0.3 is 14.4 Å². The van der Waals surface area contributed by atoms with E-state index in [1.807, 2.05) is 33.8 Å². The molecule has 2 aromatic rings. The molecule has 1 saturated heterocycles. The standard InChI is InChI=1S/C16H22N4O2/c1-2-14(12-21)18-7-9-20(10-8-18)16(22)13-3-5-19-6-4-17-15(19)11-13/h3-6,11,14,21H,2,7-10,12H2,1H3/t14-/m1/s1. The summed E-state index contributed by atoms with van der Waals surface area (Å²) in [6.07, 6.45) is 6.38. The molecule has 0 aliphatic carbocycles. The van der Waals surface area contributed by atoms with E-state index in [1.54, 1.807) is 6.20 Å². The Bertz CT molecular complexity index is 642. The summed E-state index contributed by atoms with van der Waals surface area (Å²) in [6, 6.07) is 3.88. The molecule has 1 fully saturated rings. The van der Waals surface area contributed by atoms with E-state index in [1.165, 1.54) is 0 Å². The number of aliphatic hydroxyl groups excluding tert-OH is 1. The number of carbonyl (C=O) groups excluding carboxylic acids is 1. The number of rotatable bonds is 4. The number of hydrogen-bond donors (Lipinski definition) is 1. The predicted octanol–water partition coefficient (Wildman–Crippen LogP) is 0.863. The third-order valence-electron chi connectivity index (χ3n) is 4.44. The molecule has 118 valence electrons. The first-order valence-corrected chi connectivity index (χ1v) is 7.80. The van der Waals surface area contributed by atoms with Crippen LogP contribution >= 0.6 is 0 Å². The van der Waals surface area contributed by atoms with Gasteiger partial charge in [0.1, 0.15) is 5.65 Å². The summed E-state index contributed by atoms with van der Waals surface area (Å²) in [6.45, 7) is 5.30. The summed E-state index contributed by atoms with van der Waals surface area (Å²) in [4.78, 5) is 21.0. The van der Waals surface area contributed by atoms with E-state index in [4.69, 9.17) is 0 Å². The van der Waals surface area contributed by atoms with Crippen molar-refractivity contribution in [2.45, 2.75) is 19.4 Å². The van der Waals surface area contributed by atoms with Crippen molar-refractivity contribution in [3.05, 3.63) is 36.3 Å². The Kier molecular flexibility index (Phi) is 4.40. The number of amides is 1. The molecule has 1 aliphatic heterocycles. The summed E-state index contributed by atoms with van der Waals surface area (Å²) in [7, 11) is 0. The number of pyridine rings is 1. The summed E-state index contributed by atoms with van der Waals surface area (Å²) >= 11 is 0. The van der Waals surface area contributed by atoms with Crippen LogP contribution in [0.4, 0.5) is 0 Å². The molecular formula is C16H22N4O2. The molecule has 0 spiro atoms. The Labute approximate surface area is 130 Å². The van der Waals surface area contributed by atoms with Gasteiger partial charge in [0.15, 0.2) is 0 Å². The van der Waals surface area contributed by atoms with Gasteiger partial charge in [0.05, 0.1) is 6.61 Å². The van der Waals surface area contributed by atoms with Crippen LogP contribution in [-0.2, 0) is 0 Å². The molecule has 1 atom stereocenters. The topological polar surface area (TPSA) is 61.1 Å². The highest BCUT2D eigenvalue weighted by Gasteiger charge is 2.25. The average molecular weight is 302 g/mol. The van der Waals surface area contributed by atoms with Gasteiger partial charge in [0.2, 0.25) is 0 Å². The quantitative estimate of drug-likeness (QED) is 0.910. The fourth-order valence-electron chi connectivity index (χ4n) is 3.02. The van der Waals surface area contributed by atoms with Gasteiger partial charge in [0.25, 0.3) is 5.91 Å². The number of fused-ring (bicyclic) bond motifs is 1. The lowest BCUT2D eigenvalue weighted by atomic mass is 10.1. The van der Waals surface area contributed by atoms with E-state index in [9.17, 15) is 9.90 Å². The van der Waals surface area contributed by atoms with E-state index in [0.717, 1.165) is 25.2 Å². The maximum atomic E-state index is 12.6. The van der Waals surface area contributed by atoms with Gasteiger partial charge in [-0.2, -0.15) is 0 Å². The van der Waals surface area contributed by atoms with Gasteiger partial charge in [-0.15, -0.1) is 0 Å². The van der Waals surface area contributed by atoms with Crippen molar-refractivity contribution in [2.24, 2.45) is 0 Å². The van der Waals surface area contributed by atoms with Gasteiger partial charge in [-0.3, -0.25) is 9.69 Å². The maximum absolute atomic E-state index is 12.6. The Morgan fingerprint density at radius 2 is 2.09 bits per heavy atom. The van der Waals surface area contributed by atoms with Crippen LogP contribution in [0, 0.1) is 0 Å². The fraction of sp³-hybridized carbons (Fsp3) is 0.500. The van der Waals surface area contributed by atoms with Crippen molar-refractivity contribution < 1.29 is 9.90 Å². The van der Waals surface area contributed by atoms with E-state index >= 15 is 0 Å². The zero-order valence-corrected chi connectivity index (χ0v) is 12.9. The number of hydrogen-bond acceptors (Lipinski definition) is 4. The number of nitrogens with zero attached hydrogens (tertiary/aromatic N) is 4. The largest absolute Gasteiger partial charge is 0.395 e. The summed E-state index contributed by atoms with van der Waals surface area (Å²) < 4.78 is 1.89. The molecule has 0 saturated carbocycles. The second-order valence-electron chi connectivity index (χ2n) is 5.68. The molecule has 0 radical (unpaired) electrons. The molecule has 3 heterocycles. The number of piperazine rings is 1. The van der Waals surface area contributed by atoms with Crippen LogP contribution in [0.15, 0.2) is 30.7 Å². The molecule has 3 rings (SSSR count). The molecule has 1 aliphatic rings. The third kappa shape index (κ3) is 2.84. The van der Waals surface area contributed by atoms with Crippen LogP contribution in [0.1, 0.15) is 23.7 Å². The average Bonchev–Trinajstić information content (AvgIpc) is 3.03. The summed E-state index contributed by atoms with van der Waals surface area (Å²) in [5, 5.41) is 9.38. The highest BCUT2D eigenvalue weighted by molar-refractivity contribution is 5.95. The molecule has 2 aromatic heterocycles. The minimum Gasteiger partial charge on any atom is -0.395 e. The maximum Gasteiger partial charge on any atom is 0.254 e. The van der Waals surface area contributed by atoms with Gasteiger partial charge in [-0.05, 0) is 18.6 Å². The molecule has 1 N–H and O–H groups in total. The summed E-state index contributed by atoms with van der Waals surface area (Å²) in [5.74, 6) is 0.0576. The van der Waals surface area contributed by atoms with E-state index in [2.05, 4.69) is 16.8 Å². The van der Waals surface area contributed by atoms with Gasteiger partial charge >= 0.3 is 0 Å². The Balaban J connectivity index is 1.66. The molecule has 0 aromatic carbocycles. The first-order valence-electron chi connectivity index (χ1n) is 7.80. The zero-order chi connectivity index (χ0) is 15.5. The van der Waals surface area contributed by atoms with E-state index in [0.29, 0.717) is 18.7 Å². The minimum atomic E-state index is 0.0576. The predicted molar refractivity (Wildman–Crippen MR) is 83.8 cm³/mol. The van der Waals surface area contributed by atoms with Crippen LogP contribution < -0.4 is 0 Å².